The van der Waals surface area contributed by atoms with E-state index in [4.69, 9.17) is 11.6 Å². The molecule has 2 aromatic rings. The van der Waals surface area contributed by atoms with Crippen LogP contribution in [-0.4, -0.2) is 56.3 Å². The van der Waals surface area contributed by atoms with E-state index < -0.39 is 21.7 Å². The molecule has 6 nitrogen and oxygen atoms in total. The number of anilines is 1. The predicted molar refractivity (Wildman–Crippen MR) is 106 cm³/mol. The molecule has 0 saturated carbocycles. The zero-order valence-electron chi connectivity index (χ0n) is 15.4. The van der Waals surface area contributed by atoms with Gasteiger partial charge in [-0.3, -0.25) is 4.79 Å². The second-order valence-electron chi connectivity index (χ2n) is 6.62. The van der Waals surface area contributed by atoms with Crippen LogP contribution in [-0.2, 0) is 14.8 Å². The van der Waals surface area contributed by atoms with Gasteiger partial charge < -0.3 is 10.2 Å². The fourth-order valence-electron chi connectivity index (χ4n) is 3.01. The lowest BCUT2D eigenvalue weighted by molar-refractivity contribution is -0.116. The number of benzene rings is 2. The molecule has 10 heteroatoms. The summed E-state index contributed by atoms with van der Waals surface area (Å²) >= 11 is 5.68. The van der Waals surface area contributed by atoms with Crippen LogP contribution < -0.4 is 5.32 Å². The van der Waals surface area contributed by atoms with Crippen LogP contribution in [0.3, 0.4) is 0 Å². The van der Waals surface area contributed by atoms with E-state index >= 15 is 0 Å². The molecule has 0 atom stereocenters. The van der Waals surface area contributed by atoms with Gasteiger partial charge in [0.2, 0.25) is 15.9 Å². The summed E-state index contributed by atoms with van der Waals surface area (Å²) in [6.45, 7) is 1.89. The highest BCUT2D eigenvalue weighted by atomic mass is 35.5. The molecule has 156 valence electrons. The molecule has 1 N–H and O–H groups in total. The maximum absolute atomic E-state index is 13.7. The van der Waals surface area contributed by atoms with Gasteiger partial charge in [0.1, 0.15) is 11.6 Å². The van der Waals surface area contributed by atoms with Gasteiger partial charge in [0, 0.05) is 44.2 Å². The maximum Gasteiger partial charge on any atom is 0.243 e. The Morgan fingerprint density at radius 3 is 2.31 bits per heavy atom. The molecule has 0 radical (unpaired) electrons. The number of rotatable bonds is 6. The van der Waals surface area contributed by atoms with Crippen molar-refractivity contribution in [2.45, 2.75) is 11.3 Å². The summed E-state index contributed by atoms with van der Waals surface area (Å²) < 4.78 is 53.3. The number of piperazine rings is 1. The van der Waals surface area contributed by atoms with Crippen LogP contribution in [0.25, 0.3) is 0 Å². The lowest BCUT2D eigenvalue weighted by Gasteiger charge is -2.33. The molecule has 0 aromatic heterocycles. The third-order valence-electron chi connectivity index (χ3n) is 4.64. The second-order valence-corrected chi connectivity index (χ2v) is 9.00. The maximum atomic E-state index is 13.7. The largest absolute Gasteiger partial charge is 0.324 e. The highest BCUT2D eigenvalue weighted by Crippen LogP contribution is 2.20. The summed E-state index contributed by atoms with van der Waals surface area (Å²) in [5, 5.41) is 2.74. The van der Waals surface area contributed by atoms with Gasteiger partial charge in [-0.05, 0) is 42.5 Å². The molecule has 0 spiro atoms. The number of hydrogen-bond donors (Lipinski definition) is 1. The monoisotopic (exact) mass is 443 g/mol. The zero-order chi connectivity index (χ0) is 21.0. The number of sulfonamides is 1. The first-order valence-electron chi connectivity index (χ1n) is 8.99. The van der Waals surface area contributed by atoms with Crippen molar-refractivity contribution in [1.29, 1.82) is 0 Å². The van der Waals surface area contributed by atoms with Crippen LogP contribution in [0.1, 0.15) is 6.42 Å². The van der Waals surface area contributed by atoms with Crippen LogP contribution in [0.5, 0.6) is 0 Å². The van der Waals surface area contributed by atoms with E-state index in [0.717, 1.165) is 18.2 Å². The van der Waals surface area contributed by atoms with E-state index in [-0.39, 0.29) is 41.0 Å². The Morgan fingerprint density at radius 1 is 1.03 bits per heavy atom. The summed E-state index contributed by atoms with van der Waals surface area (Å²) in [6.07, 6.45) is 0.146. The molecule has 1 aliphatic heterocycles. The SMILES string of the molecule is O=C(CCN1CCN(S(=O)(=O)c2ccc(F)cc2)CC1)Nc1ccc(Cl)cc1F. The van der Waals surface area contributed by atoms with Crippen molar-refractivity contribution in [2.24, 2.45) is 0 Å². The van der Waals surface area contributed by atoms with Crippen molar-refractivity contribution in [2.75, 3.05) is 38.0 Å². The molecule has 1 saturated heterocycles. The van der Waals surface area contributed by atoms with Crippen molar-refractivity contribution < 1.29 is 22.0 Å². The summed E-state index contributed by atoms with van der Waals surface area (Å²) in [4.78, 5) is 14.1. The molecule has 1 fully saturated rings. The third kappa shape index (κ3) is 5.51. The molecule has 0 bridgehead atoms. The minimum Gasteiger partial charge on any atom is -0.324 e. The smallest absolute Gasteiger partial charge is 0.243 e. The lowest BCUT2D eigenvalue weighted by Crippen LogP contribution is -2.49. The van der Waals surface area contributed by atoms with Crippen molar-refractivity contribution in [1.82, 2.24) is 9.21 Å². The zero-order valence-corrected chi connectivity index (χ0v) is 17.0. The molecule has 2 aromatic carbocycles. The third-order valence-corrected chi connectivity index (χ3v) is 6.79. The van der Waals surface area contributed by atoms with E-state index in [9.17, 15) is 22.0 Å². The summed E-state index contributed by atoms with van der Waals surface area (Å²) in [6, 6.07) is 8.73. The standard InChI is InChI=1S/C19H20ClF2N3O3S/c20-14-1-6-18(17(22)13-14)23-19(26)7-8-24-9-11-25(12-10-24)29(27,28)16-4-2-15(21)3-5-16/h1-6,13H,7-12H2,(H,23,26). The van der Waals surface area contributed by atoms with Crippen molar-refractivity contribution in [3.05, 3.63) is 59.1 Å². The van der Waals surface area contributed by atoms with Gasteiger partial charge in [0.05, 0.1) is 10.6 Å². The number of carbonyl (C=O) groups is 1. The Kier molecular flexibility index (Phi) is 6.84. The molecule has 0 aliphatic carbocycles. The van der Waals surface area contributed by atoms with Crippen molar-refractivity contribution >= 4 is 33.2 Å². The van der Waals surface area contributed by atoms with Crippen molar-refractivity contribution in [3.63, 3.8) is 0 Å². The molecule has 1 heterocycles. The first-order valence-corrected chi connectivity index (χ1v) is 10.8. The lowest BCUT2D eigenvalue weighted by atomic mass is 10.2. The molecule has 0 unspecified atom stereocenters. The van der Waals surface area contributed by atoms with Gasteiger partial charge in [0.25, 0.3) is 0 Å². The highest BCUT2D eigenvalue weighted by molar-refractivity contribution is 7.89. The van der Waals surface area contributed by atoms with Gasteiger partial charge in [-0.2, -0.15) is 4.31 Å². The number of nitrogens with one attached hydrogen (secondary N) is 1. The van der Waals surface area contributed by atoms with Gasteiger partial charge >= 0.3 is 0 Å². The molecular weight excluding hydrogens is 424 g/mol. The number of hydrogen-bond acceptors (Lipinski definition) is 4. The van der Waals surface area contributed by atoms with Crippen LogP contribution >= 0.6 is 11.6 Å². The van der Waals surface area contributed by atoms with Crippen LogP contribution in [0, 0.1) is 11.6 Å². The fourth-order valence-corrected chi connectivity index (χ4v) is 4.59. The predicted octanol–water partition coefficient (Wildman–Crippen LogP) is 2.95. The highest BCUT2D eigenvalue weighted by Gasteiger charge is 2.28. The Hall–Kier alpha value is -2.07. The Bertz CT molecular complexity index is 979. The first-order chi connectivity index (χ1) is 13.8. The van der Waals surface area contributed by atoms with Crippen LogP contribution in [0.15, 0.2) is 47.4 Å². The minimum atomic E-state index is -3.67. The molecule has 29 heavy (non-hydrogen) atoms. The minimum absolute atomic E-state index is 0.0525. The number of amides is 1. The molecule has 1 aliphatic rings. The fraction of sp³-hybridized carbons (Fsp3) is 0.316. The summed E-state index contributed by atoms with van der Waals surface area (Å²) in [7, 11) is -3.67. The average molecular weight is 444 g/mol. The van der Waals surface area contributed by atoms with Crippen molar-refractivity contribution in [3.8, 4) is 0 Å². The van der Waals surface area contributed by atoms with E-state index in [1.54, 1.807) is 0 Å². The molecular formula is C19H20ClF2N3O3S. The Balaban J connectivity index is 1.48. The van der Waals surface area contributed by atoms with E-state index in [0.29, 0.717) is 19.6 Å². The molecule has 1 amide bonds. The van der Waals surface area contributed by atoms with Gasteiger partial charge in [-0.15, -0.1) is 0 Å². The van der Waals surface area contributed by atoms with Crippen LogP contribution in [0.4, 0.5) is 14.5 Å². The number of halogens is 3. The topological polar surface area (TPSA) is 69.7 Å². The van der Waals surface area contributed by atoms with Crippen LogP contribution in [0.2, 0.25) is 5.02 Å². The Labute approximate surface area is 173 Å². The average Bonchev–Trinajstić information content (AvgIpc) is 2.69. The number of carbonyl (C=O) groups excluding carboxylic acids is 1. The van der Waals surface area contributed by atoms with Gasteiger partial charge in [0.15, 0.2) is 0 Å². The van der Waals surface area contributed by atoms with Gasteiger partial charge in [-0.25, -0.2) is 17.2 Å². The summed E-state index contributed by atoms with van der Waals surface area (Å²) in [5.74, 6) is -1.44. The molecule has 3 rings (SSSR count). The Morgan fingerprint density at radius 2 is 1.69 bits per heavy atom. The van der Waals surface area contributed by atoms with E-state index in [1.807, 2.05) is 4.90 Å². The normalized spacial score (nSPS) is 16.0. The second kappa shape index (κ2) is 9.17. The van der Waals surface area contributed by atoms with E-state index in [2.05, 4.69) is 5.32 Å². The first kappa shape index (κ1) is 21.6. The quantitative estimate of drug-likeness (QED) is 0.745. The van der Waals surface area contributed by atoms with E-state index in [1.165, 1.54) is 28.6 Å². The van der Waals surface area contributed by atoms with Gasteiger partial charge in [-0.1, -0.05) is 11.6 Å². The summed E-state index contributed by atoms with van der Waals surface area (Å²) in [5.41, 5.74) is 0.0645. The number of nitrogens with zero attached hydrogens (tertiary/aromatic N) is 2.